The molecule has 0 rings (SSSR count). The molecule has 0 heterocycles. The second kappa shape index (κ2) is 11.2. The number of hydrogen-bond donors (Lipinski definition) is 1. The van der Waals surface area contributed by atoms with E-state index in [1.165, 1.54) is 0 Å². The third kappa shape index (κ3) is 9.74. The number of unbranched alkanes of at least 4 members (excludes halogenated alkanes) is 2. The first-order valence-electron chi connectivity index (χ1n) is 6.42. The van der Waals surface area contributed by atoms with Gasteiger partial charge in [0.15, 0.2) is 0 Å². The Kier molecular flexibility index (Phi) is 11.2. The van der Waals surface area contributed by atoms with Crippen molar-refractivity contribution in [3.8, 4) is 0 Å². The zero-order chi connectivity index (χ0) is 13.0. The molecule has 0 aromatic rings. The van der Waals surface area contributed by atoms with Crippen LogP contribution in [-0.2, 0) is 18.1 Å². The maximum Gasteiger partial charge on any atom is 0.474 e. The van der Waals surface area contributed by atoms with Crippen molar-refractivity contribution >= 4 is 7.82 Å². The highest BCUT2D eigenvalue weighted by Crippen LogP contribution is 2.49. The molecular formula is C11H26NO4P. The number of nitrogens with two attached hydrogens (primary N) is 1. The van der Waals surface area contributed by atoms with Crippen LogP contribution in [0.3, 0.4) is 0 Å². The monoisotopic (exact) mass is 267 g/mol. The fourth-order valence-corrected chi connectivity index (χ4v) is 2.29. The van der Waals surface area contributed by atoms with Crippen molar-refractivity contribution in [2.75, 3.05) is 26.4 Å². The highest BCUT2D eigenvalue weighted by atomic mass is 31.2. The van der Waals surface area contributed by atoms with E-state index < -0.39 is 7.82 Å². The second-order valence-electron chi connectivity index (χ2n) is 3.80. The van der Waals surface area contributed by atoms with E-state index in [1.54, 1.807) is 0 Å². The van der Waals surface area contributed by atoms with E-state index >= 15 is 0 Å². The predicted molar refractivity (Wildman–Crippen MR) is 68.9 cm³/mol. The molecule has 0 aromatic heterocycles. The summed E-state index contributed by atoms with van der Waals surface area (Å²) in [5.41, 5.74) is 5.35. The first-order chi connectivity index (χ1) is 8.18. The van der Waals surface area contributed by atoms with Crippen molar-refractivity contribution in [1.29, 1.82) is 0 Å². The van der Waals surface area contributed by atoms with E-state index in [4.69, 9.17) is 19.3 Å². The van der Waals surface area contributed by atoms with Gasteiger partial charge in [-0.05, 0) is 25.8 Å². The Morgan fingerprint density at radius 1 is 0.882 bits per heavy atom. The molecule has 0 aliphatic carbocycles. The molecule has 104 valence electrons. The van der Waals surface area contributed by atoms with Crippen LogP contribution in [0.25, 0.3) is 0 Å². The van der Waals surface area contributed by atoms with Gasteiger partial charge in [0.1, 0.15) is 0 Å². The van der Waals surface area contributed by atoms with Gasteiger partial charge in [0.25, 0.3) is 0 Å². The Morgan fingerprint density at radius 3 is 1.65 bits per heavy atom. The van der Waals surface area contributed by atoms with Crippen LogP contribution in [0.1, 0.15) is 46.0 Å². The van der Waals surface area contributed by atoms with E-state index in [0.29, 0.717) is 32.8 Å². The van der Waals surface area contributed by atoms with Gasteiger partial charge in [0, 0.05) is 0 Å². The molecule has 0 spiro atoms. The average molecular weight is 267 g/mol. The van der Waals surface area contributed by atoms with Crippen molar-refractivity contribution in [3.63, 3.8) is 0 Å². The highest BCUT2D eigenvalue weighted by molar-refractivity contribution is 7.48. The maximum absolute atomic E-state index is 12.1. The van der Waals surface area contributed by atoms with Crippen molar-refractivity contribution in [1.82, 2.24) is 0 Å². The standard InChI is InChI=1S/C11H26NO4P/c1-3-5-9-14-17(13,15-10-6-4-2)16-11-7-8-12/h3-12H2,1-2H3. The van der Waals surface area contributed by atoms with Gasteiger partial charge >= 0.3 is 7.82 Å². The quantitative estimate of drug-likeness (QED) is 0.434. The van der Waals surface area contributed by atoms with Crippen molar-refractivity contribution in [2.45, 2.75) is 46.0 Å². The van der Waals surface area contributed by atoms with Gasteiger partial charge in [-0.3, -0.25) is 13.6 Å². The van der Waals surface area contributed by atoms with Gasteiger partial charge in [0.2, 0.25) is 0 Å². The summed E-state index contributed by atoms with van der Waals surface area (Å²) in [6, 6.07) is 0. The topological polar surface area (TPSA) is 70.8 Å². The van der Waals surface area contributed by atoms with Crippen LogP contribution >= 0.6 is 7.82 Å². The van der Waals surface area contributed by atoms with Crippen LogP contribution in [0.4, 0.5) is 0 Å². The van der Waals surface area contributed by atoms with E-state index in [1.807, 2.05) is 13.8 Å². The van der Waals surface area contributed by atoms with Crippen LogP contribution in [0.2, 0.25) is 0 Å². The molecule has 0 amide bonds. The number of phosphoric acid groups is 1. The molecule has 5 nitrogen and oxygen atoms in total. The molecule has 0 aromatic carbocycles. The summed E-state index contributed by atoms with van der Waals surface area (Å²) in [5.74, 6) is 0. The van der Waals surface area contributed by atoms with Crippen molar-refractivity contribution < 1.29 is 18.1 Å². The van der Waals surface area contributed by atoms with Crippen LogP contribution in [0.5, 0.6) is 0 Å². The van der Waals surface area contributed by atoms with Gasteiger partial charge < -0.3 is 5.73 Å². The van der Waals surface area contributed by atoms with E-state index in [0.717, 1.165) is 25.7 Å². The van der Waals surface area contributed by atoms with Crippen LogP contribution in [0, 0.1) is 0 Å². The molecule has 0 fully saturated rings. The minimum Gasteiger partial charge on any atom is -0.330 e. The van der Waals surface area contributed by atoms with Gasteiger partial charge in [-0.2, -0.15) is 0 Å². The SMILES string of the molecule is CCCCOP(=O)(OCCCC)OCCCN. The Morgan fingerprint density at radius 2 is 1.29 bits per heavy atom. The second-order valence-corrected chi connectivity index (χ2v) is 5.47. The van der Waals surface area contributed by atoms with E-state index in [2.05, 4.69) is 0 Å². The molecule has 0 saturated heterocycles. The van der Waals surface area contributed by atoms with E-state index in [-0.39, 0.29) is 0 Å². The molecule has 6 heteroatoms. The van der Waals surface area contributed by atoms with Gasteiger partial charge in [-0.1, -0.05) is 26.7 Å². The fraction of sp³-hybridized carbons (Fsp3) is 1.00. The summed E-state index contributed by atoms with van der Waals surface area (Å²) in [6.07, 6.45) is 4.32. The summed E-state index contributed by atoms with van der Waals surface area (Å²) in [7, 11) is -3.36. The highest BCUT2D eigenvalue weighted by Gasteiger charge is 2.25. The molecular weight excluding hydrogens is 241 g/mol. The Labute approximate surface area is 105 Å². The summed E-state index contributed by atoms with van der Waals surface area (Å²) in [4.78, 5) is 0. The average Bonchev–Trinajstić information content (AvgIpc) is 2.30. The lowest BCUT2D eigenvalue weighted by molar-refractivity contribution is 0.110. The zero-order valence-electron chi connectivity index (χ0n) is 11.0. The van der Waals surface area contributed by atoms with Gasteiger partial charge in [-0.15, -0.1) is 0 Å². The van der Waals surface area contributed by atoms with Crippen molar-refractivity contribution in [3.05, 3.63) is 0 Å². The number of rotatable bonds is 12. The summed E-state index contributed by atoms with van der Waals surface area (Å²) in [5, 5.41) is 0. The first-order valence-corrected chi connectivity index (χ1v) is 7.88. The Bertz CT molecular complexity index is 180. The lowest BCUT2D eigenvalue weighted by Gasteiger charge is -2.17. The third-order valence-corrected chi connectivity index (χ3v) is 3.59. The lowest BCUT2D eigenvalue weighted by Crippen LogP contribution is -2.07. The molecule has 0 bridgehead atoms. The Hall–Kier alpha value is 0.0700. The molecule has 2 N–H and O–H groups in total. The molecule has 0 aliphatic rings. The number of phosphoric ester groups is 1. The smallest absolute Gasteiger partial charge is 0.330 e. The zero-order valence-corrected chi connectivity index (χ0v) is 11.9. The minimum atomic E-state index is -3.36. The van der Waals surface area contributed by atoms with Crippen molar-refractivity contribution in [2.24, 2.45) is 5.73 Å². The molecule has 0 saturated carbocycles. The van der Waals surface area contributed by atoms with Crippen LogP contribution < -0.4 is 5.73 Å². The lowest BCUT2D eigenvalue weighted by atomic mass is 10.4. The van der Waals surface area contributed by atoms with Gasteiger partial charge in [0.05, 0.1) is 19.8 Å². The summed E-state index contributed by atoms with van der Waals surface area (Å²) >= 11 is 0. The Balaban J connectivity index is 4.00. The largest absolute Gasteiger partial charge is 0.474 e. The third-order valence-electron chi connectivity index (χ3n) is 2.09. The minimum absolute atomic E-state index is 0.312. The van der Waals surface area contributed by atoms with E-state index in [9.17, 15) is 4.57 Å². The number of hydrogen-bond acceptors (Lipinski definition) is 5. The van der Waals surface area contributed by atoms with Crippen LogP contribution in [-0.4, -0.2) is 26.4 Å². The molecule has 0 radical (unpaired) electrons. The fourth-order valence-electron chi connectivity index (χ4n) is 1.01. The molecule has 17 heavy (non-hydrogen) atoms. The van der Waals surface area contributed by atoms with Crippen LogP contribution in [0.15, 0.2) is 0 Å². The first kappa shape index (κ1) is 17.1. The maximum atomic E-state index is 12.1. The molecule has 0 atom stereocenters. The summed E-state index contributed by atoms with van der Waals surface area (Å²) < 4.78 is 27.8. The summed E-state index contributed by atoms with van der Waals surface area (Å²) in [6.45, 7) is 5.71. The predicted octanol–water partition coefficient (Wildman–Crippen LogP) is 3.09. The van der Waals surface area contributed by atoms with Gasteiger partial charge in [-0.25, -0.2) is 4.57 Å². The molecule has 0 aliphatic heterocycles. The normalized spacial score (nSPS) is 11.9. The molecule has 0 unspecified atom stereocenters.